The number of nitrogens with one attached hydrogen (secondary N) is 1. The Balaban J connectivity index is 1.53. The Labute approximate surface area is 171 Å². The van der Waals surface area contributed by atoms with Gasteiger partial charge in [0.25, 0.3) is 5.91 Å². The summed E-state index contributed by atoms with van der Waals surface area (Å²) < 4.78 is 0. The largest absolute Gasteiger partial charge is 0.355 e. The fourth-order valence-electron chi connectivity index (χ4n) is 3.63. The van der Waals surface area contributed by atoms with Crippen molar-refractivity contribution in [2.45, 2.75) is 19.4 Å². The Morgan fingerprint density at radius 1 is 1.07 bits per heavy atom. The normalized spacial score (nSPS) is 16.0. The smallest absolute Gasteiger partial charge is 0.251 e. The van der Waals surface area contributed by atoms with Crippen molar-refractivity contribution in [3.05, 3.63) is 71.3 Å². The molecule has 3 rings (SSSR count). The molecule has 1 aliphatic rings. The lowest BCUT2D eigenvalue weighted by molar-refractivity contribution is -0.135. The fourth-order valence-corrected chi connectivity index (χ4v) is 3.63. The third-order valence-electron chi connectivity index (χ3n) is 5.32. The molecular weight excluding hydrogens is 366 g/mol. The van der Waals surface area contributed by atoms with E-state index in [1.807, 2.05) is 42.5 Å². The van der Waals surface area contributed by atoms with Crippen LogP contribution in [0.1, 0.15) is 27.9 Å². The molecule has 2 aromatic rings. The molecule has 3 amide bonds. The highest BCUT2D eigenvalue weighted by atomic mass is 16.2. The van der Waals surface area contributed by atoms with Crippen LogP contribution in [0.2, 0.25) is 0 Å². The van der Waals surface area contributed by atoms with Crippen molar-refractivity contribution < 1.29 is 14.4 Å². The highest BCUT2D eigenvalue weighted by Gasteiger charge is 2.35. The zero-order valence-corrected chi connectivity index (χ0v) is 16.9. The number of nitrogens with zero attached hydrogens (tertiary/aromatic N) is 2. The number of hydrogen-bond donors (Lipinski definition) is 1. The Bertz CT molecular complexity index is 865. The summed E-state index contributed by atoms with van der Waals surface area (Å²) in [4.78, 5) is 40.2. The molecule has 6 heteroatoms. The zero-order chi connectivity index (χ0) is 20.8. The molecule has 1 N–H and O–H groups in total. The first-order valence-electron chi connectivity index (χ1n) is 9.85. The van der Waals surface area contributed by atoms with E-state index in [0.717, 1.165) is 12.0 Å². The van der Waals surface area contributed by atoms with E-state index in [9.17, 15) is 14.4 Å². The number of likely N-dealkylation sites (tertiary alicyclic amines) is 1. The summed E-state index contributed by atoms with van der Waals surface area (Å²) in [5.41, 5.74) is 2.71. The summed E-state index contributed by atoms with van der Waals surface area (Å²) in [7, 11) is 3.35. The Morgan fingerprint density at radius 2 is 1.76 bits per heavy atom. The van der Waals surface area contributed by atoms with Crippen LogP contribution in [0.5, 0.6) is 0 Å². The lowest BCUT2D eigenvalue weighted by atomic mass is 10.1. The van der Waals surface area contributed by atoms with Gasteiger partial charge in [-0.1, -0.05) is 42.5 Å². The first kappa shape index (κ1) is 20.6. The van der Waals surface area contributed by atoms with Crippen LogP contribution in [0.3, 0.4) is 0 Å². The van der Waals surface area contributed by atoms with Crippen LogP contribution in [0.15, 0.2) is 54.6 Å². The number of carbonyl (C=O) groups is 3. The number of hydrogen-bond acceptors (Lipinski definition) is 3. The van der Waals surface area contributed by atoms with Gasteiger partial charge in [0.05, 0.1) is 5.92 Å². The highest BCUT2D eigenvalue weighted by molar-refractivity contribution is 5.94. The van der Waals surface area contributed by atoms with Gasteiger partial charge in [-0.05, 0) is 29.7 Å². The van der Waals surface area contributed by atoms with Crippen LogP contribution in [0.25, 0.3) is 0 Å². The van der Waals surface area contributed by atoms with Crippen molar-refractivity contribution in [2.75, 3.05) is 27.2 Å². The van der Waals surface area contributed by atoms with Gasteiger partial charge >= 0.3 is 0 Å². The third-order valence-corrected chi connectivity index (χ3v) is 5.32. The number of carbonyl (C=O) groups excluding carboxylic acids is 3. The SMILES string of the molecule is CNC(=O)c1ccc(CN(C)C(=O)C2CC(=O)N(CCc3ccccc3)C2)cc1. The molecule has 0 saturated carbocycles. The Hall–Kier alpha value is -3.15. The average molecular weight is 393 g/mol. The second-order valence-electron chi connectivity index (χ2n) is 7.45. The molecule has 1 fully saturated rings. The molecule has 152 valence electrons. The van der Waals surface area contributed by atoms with Crippen molar-refractivity contribution in [2.24, 2.45) is 5.92 Å². The summed E-state index contributed by atoms with van der Waals surface area (Å²) in [6.07, 6.45) is 1.06. The van der Waals surface area contributed by atoms with E-state index < -0.39 is 0 Å². The molecule has 1 aliphatic heterocycles. The van der Waals surface area contributed by atoms with Crippen molar-refractivity contribution in [1.29, 1.82) is 0 Å². The number of amides is 3. The molecule has 0 bridgehead atoms. The van der Waals surface area contributed by atoms with Gasteiger partial charge in [0, 0.05) is 45.7 Å². The van der Waals surface area contributed by atoms with Gasteiger partial charge in [-0.15, -0.1) is 0 Å². The molecule has 0 spiro atoms. The van der Waals surface area contributed by atoms with E-state index in [-0.39, 0.29) is 30.1 Å². The van der Waals surface area contributed by atoms with Gasteiger partial charge in [0.15, 0.2) is 0 Å². The van der Waals surface area contributed by atoms with E-state index in [0.29, 0.717) is 25.2 Å². The molecule has 0 aliphatic carbocycles. The first-order chi connectivity index (χ1) is 14.0. The maximum Gasteiger partial charge on any atom is 0.251 e. The Morgan fingerprint density at radius 3 is 2.41 bits per heavy atom. The maximum absolute atomic E-state index is 12.8. The van der Waals surface area contributed by atoms with Crippen LogP contribution >= 0.6 is 0 Å². The molecule has 1 saturated heterocycles. The summed E-state index contributed by atoms with van der Waals surface area (Å²) in [6, 6.07) is 17.2. The van der Waals surface area contributed by atoms with Gasteiger partial charge in [0.2, 0.25) is 11.8 Å². The standard InChI is InChI=1S/C23H27N3O3/c1-24-22(28)19-10-8-18(9-11-19)15-25(2)23(29)20-14-21(27)26(16-20)13-12-17-6-4-3-5-7-17/h3-11,20H,12-16H2,1-2H3,(H,24,28). The first-order valence-corrected chi connectivity index (χ1v) is 9.85. The molecule has 1 heterocycles. The van der Waals surface area contributed by atoms with Gasteiger partial charge < -0.3 is 15.1 Å². The topological polar surface area (TPSA) is 69.7 Å². The average Bonchev–Trinajstić information content (AvgIpc) is 3.12. The summed E-state index contributed by atoms with van der Waals surface area (Å²) >= 11 is 0. The quantitative estimate of drug-likeness (QED) is 0.783. The van der Waals surface area contributed by atoms with Crippen molar-refractivity contribution in [3.63, 3.8) is 0 Å². The van der Waals surface area contributed by atoms with Crippen LogP contribution < -0.4 is 5.32 Å². The van der Waals surface area contributed by atoms with Gasteiger partial charge in [-0.3, -0.25) is 14.4 Å². The summed E-state index contributed by atoms with van der Waals surface area (Å²) in [6.45, 7) is 1.56. The third kappa shape index (κ3) is 5.22. The molecule has 0 radical (unpaired) electrons. The molecule has 6 nitrogen and oxygen atoms in total. The van der Waals surface area contributed by atoms with E-state index in [2.05, 4.69) is 5.32 Å². The minimum Gasteiger partial charge on any atom is -0.355 e. The Kier molecular flexibility index (Phi) is 6.65. The van der Waals surface area contributed by atoms with Crippen molar-refractivity contribution in [3.8, 4) is 0 Å². The van der Waals surface area contributed by atoms with Crippen molar-refractivity contribution >= 4 is 17.7 Å². The molecule has 2 aromatic carbocycles. The fraction of sp³-hybridized carbons (Fsp3) is 0.348. The van der Waals surface area contributed by atoms with E-state index in [1.54, 1.807) is 36.0 Å². The zero-order valence-electron chi connectivity index (χ0n) is 16.9. The van der Waals surface area contributed by atoms with Gasteiger partial charge in [-0.2, -0.15) is 0 Å². The number of rotatable bonds is 7. The van der Waals surface area contributed by atoms with Crippen LogP contribution in [-0.2, 0) is 22.6 Å². The second kappa shape index (κ2) is 9.37. The van der Waals surface area contributed by atoms with E-state index in [1.165, 1.54) is 5.56 Å². The predicted molar refractivity (Wildman–Crippen MR) is 111 cm³/mol. The monoisotopic (exact) mass is 393 g/mol. The van der Waals surface area contributed by atoms with E-state index >= 15 is 0 Å². The highest BCUT2D eigenvalue weighted by Crippen LogP contribution is 2.21. The molecule has 1 atom stereocenters. The van der Waals surface area contributed by atoms with Crippen LogP contribution in [0.4, 0.5) is 0 Å². The molecular formula is C23H27N3O3. The minimum atomic E-state index is -0.298. The summed E-state index contributed by atoms with van der Waals surface area (Å²) in [5, 5.41) is 2.59. The lowest BCUT2D eigenvalue weighted by Gasteiger charge is -2.21. The maximum atomic E-state index is 12.8. The number of benzene rings is 2. The molecule has 0 aromatic heterocycles. The molecule has 1 unspecified atom stereocenters. The van der Waals surface area contributed by atoms with Gasteiger partial charge in [-0.25, -0.2) is 0 Å². The van der Waals surface area contributed by atoms with E-state index in [4.69, 9.17) is 0 Å². The summed E-state index contributed by atoms with van der Waals surface area (Å²) in [5.74, 6) is -0.409. The second-order valence-corrected chi connectivity index (χ2v) is 7.45. The van der Waals surface area contributed by atoms with Crippen molar-refractivity contribution in [1.82, 2.24) is 15.1 Å². The molecule has 29 heavy (non-hydrogen) atoms. The van der Waals surface area contributed by atoms with Crippen LogP contribution in [0, 0.1) is 5.92 Å². The minimum absolute atomic E-state index is 0.0176. The lowest BCUT2D eigenvalue weighted by Crippen LogP contribution is -2.34. The van der Waals surface area contributed by atoms with Gasteiger partial charge in [0.1, 0.15) is 0 Å². The van der Waals surface area contributed by atoms with Crippen LogP contribution in [-0.4, -0.2) is 54.7 Å². The predicted octanol–water partition coefficient (Wildman–Crippen LogP) is 2.10.